The maximum atomic E-state index is 10.4. The highest BCUT2D eigenvalue weighted by atomic mass is 32.1. The van der Waals surface area contributed by atoms with Crippen LogP contribution in [0.1, 0.15) is 30.2 Å². The number of β-amino-alcohol motifs (C(OH)–C–C–N with tert-alkyl or cyclic N) is 1. The molecule has 1 saturated heterocycles. The average Bonchev–Trinajstić information content (AvgIpc) is 3.42. The van der Waals surface area contributed by atoms with Crippen LogP contribution in [0.3, 0.4) is 0 Å². The van der Waals surface area contributed by atoms with Crippen molar-refractivity contribution in [3.05, 3.63) is 65.4 Å². The van der Waals surface area contributed by atoms with Crippen molar-refractivity contribution >= 4 is 11.3 Å². The molecule has 1 aliphatic heterocycles. The fraction of sp³-hybridized carbons (Fsp3) is 0.409. The number of nitrogens with zero attached hydrogens (tertiary/aromatic N) is 2. The molecule has 2 aromatic heterocycles. The molecule has 4 rings (SSSR count). The molecule has 1 atom stereocenters. The van der Waals surface area contributed by atoms with E-state index in [9.17, 15) is 5.11 Å². The summed E-state index contributed by atoms with van der Waals surface area (Å²) in [6.45, 7) is 4.64. The lowest BCUT2D eigenvalue weighted by Gasteiger charge is -2.33. The fourth-order valence-electron chi connectivity index (χ4n) is 3.70. The lowest BCUT2D eigenvalue weighted by atomic mass is 9.96. The van der Waals surface area contributed by atoms with Crippen molar-refractivity contribution in [2.24, 2.45) is 5.92 Å². The Morgan fingerprint density at radius 3 is 2.75 bits per heavy atom. The number of piperidine rings is 1. The monoisotopic (exact) mass is 397 g/mol. The summed E-state index contributed by atoms with van der Waals surface area (Å²) >= 11 is 1.62. The maximum absolute atomic E-state index is 10.4. The van der Waals surface area contributed by atoms with Crippen LogP contribution in [-0.4, -0.2) is 41.2 Å². The summed E-state index contributed by atoms with van der Waals surface area (Å²) in [6, 6.07) is 13.8. The second kappa shape index (κ2) is 9.47. The van der Waals surface area contributed by atoms with E-state index in [2.05, 4.69) is 20.6 Å². The number of aromatic nitrogens is 1. The van der Waals surface area contributed by atoms with Gasteiger partial charge in [0.1, 0.15) is 0 Å². The van der Waals surface area contributed by atoms with Gasteiger partial charge in [0.15, 0.2) is 10.8 Å². The van der Waals surface area contributed by atoms with Gasteiger partial charge in [0.2, 0.25) is 0 Å². The highest BCUT2D eigenvalue weighted by Gasteiger charge is 2.21. The number of hydrogen-bond acceptors (Lipinski definition) is 6. The maximum Gasteiger partial charge on any atom is 0.162 e. The number of rotatable bonds is 8. The number of hydrogen-bond donors (Lipinski definition) is 2. The first-order chi connectivity index (χ1) is 13.8. The minimum atomic E-state index is -0.399. The summed E-state index contributed by atoms with van der Waals surface area (Å²) in [5.41, 5.74) is 2.07. The summed E-state index contributed by atoms with van der Waals surface area (Å²) in [5, 5.41) is 17.0. The Morgan fingerprint density at radius 2 is 2.00 bits per heavy atom. The van der Waals surface area contributed by atoms with Crippen LogP contribution in [0.4, 0.5) is 0 Å². The Balaban J connectivity index is 1.16. The molecule has 148 valence electrons. The largest absolute Gasteiger partial charge is 0.462 e. The van der Waals surface area contributed by atoms with E-state index in [1.807, 2.05) is 42.5 Å². The summed E-state index contributed by atoms with van der Waals surface area (Å²) in [7, 11) is 0. The smallest absolute Gasteiger partial charge is 0.162 e. The number of aliphatic hydroxyl groups is 1. The Hall–Kier alpha value is -1.99. The Bertz CT molecular complexity index is 827. The molecule has 0 amide bonds. The third kappa shape index (κ3) is 5.08. The quantitative estimate of drug-likeness (QED) is 0.603. The second-order valence-electron chi connectivity index (χ2n) is 7.42. The molecule has 0 aliphatic carbocycles. The minimum absolute atomic E-state index is 0.399. The van der Waals surface area contributed by atoms with E-state index in [0.29, 0.717) is 5.92 Å². The van der Waals surface area contributed by atoms with Gasteiger partial charge in [-0.2, -0.15) is 0 Å². The molecule has 2 N–H and O–H groups in total. The molecule has 3 heterocycles. The van der Waals surface area contributed by atoms with Crippen molar-refractivity contribution in [2.75, 3.05) is 26.2 Å². The van der Waals surface area contributed by atoms with E-state index < -0.39 is 6.10 Å². The van der Waals surface area contributed by atoms with Gasteiger partial charge in [-0.05, 0) is 56.1 Å². The number of benzene rings is 1. The van der Waals surface area contributed by atoms with E-state index in [-0.39, 0.29) is 0 Å². The summed E-state index contributed by atoms with van der Waals surface area (Å²) in [6.07, 6.45) is 3.62. The van der Waals surface area contributed by atoms with Crippen LogP contribution in [0.15, 0.2) is 58.5 Å². The van der Waals surface area contributed by atoms with Gasteiger partial charge >= 0.3 is 0 Å². The van der Waals surface area contributed by atoms with Crippen LogP contribution in [-0.2, 0) is 6.54 Å². The van der Waals surface area contributed by atoms with Crippen LogP contribution < -0.4 is 5.32 Å². The first-order valence-electron chi connectivity index (χ1n) is 9.92. The third-order valence-electron chi connectivity index (χ3n) is 5.35. The van der Waals surface area contributed by atoms with Crippen molar-refractivity contribution in [2.45, 2.75) is 25.5 Å². The van der Waals surface area contributed by atoms with Crippen molar-refractivity contribution in [1.29, 1.82) is 0 Å². The van der Waals surface area contributed by atoms with Gasteiger partial charge in [-0.3, -0.25) is 0 Å². The molecule has 0 spiro atoms. The molecule has 1 unspecified atom stereocenters. The normalized spacial score (nSPS) is 17.0. The number of thiazole rings is 1. The Morgan fingerprint density at radius 1 is 1.18 bits per heavy atom. The molecule has 28 heavy (non-hydrogen) atoms. The van der Waals surface area contributed by atoms with E-state index in [4.69, 9.17) is 4.42 Å². The van der Waals surface area contributed by atoms with Gasteiger partial charge in [0.05, 0.1) is 18.1 Å². The number of furan rings is 1. The van der Waals surface area contributed by atoms with Crippen molar-refractivity contribution < 1.29 is 9.52 Å². The van der Waals surface area contributed by atoms with Crippen molar-refractivity contribution in [3.8, 4) is 10.8 Å². The standard InChI is InChI=1S/C22H27N3O2S/c26-20(18-5-2-1-3-6-18)15-25-10-8-17(9-11-25)13-23-14-19-16-28-22(24-19)21-7-4-12-27-21/h1-7,12,16-17,20,23,26H,8-11,13-15H2. The molecule has 1 aliphatic rings. The number of likely N-dealkylation sites (tertiary alicyclic amines) is 1. The number of nitrogens with one attached hydrogen (secondary N) is 1. The van der Waals surface area contributed by atoms with Gasteiger partial charge in [-0.25, -0.2) is 4.98 Å². The highest BCUT2D eigenvalue weighted by Crippen LogP contribution is 2.24. The van der Waals surface area contributed by atoms with E-state index in [1.165, 1.54) is 12.8 Å². The lowest BCUT2D eigenvalue weighted by Crippen LogP contribution is -2.39. The van der Waals surface area contributed by atoms with E-state index in [0.717, 1.165) is 54.7 Å². The van der Waals surface area contributed by atoms with Crippen LogP contribution in [0.5, 0.6) is 0 Å². The van der Waals surface area contributed by atoms with Gasteiger partial charge in [0.25, 0.3) is 0 Å². The van der Waals surface area contributed by atoms with E-state index >= 15 is 0 Å². The Kier molecular flexibility index (Phi) is 6.54. The minimum Gasteiger partial charge on any atom is -0.462 e. The Labute approximate surface area is 170 Å². The molecule has 3 aromatic rings. The van der Waals surface area contributed by atoms with Crippen LogP contribution in [0.25, 0.3) is 10.8 Å². The predicted octanol–water partition coefficient (Wildman–Crippen LogP) is 3.94. The van der Waals surface area contributed by atoms with E-state index in [1.54, 1.807) is 17.6 Å². The van der Waals surface area contributed by atoms with Gasteiger partial charge in [-0.1, -0.05) is 30.3 Å². The van der Waals surface area contributed by atoms with Crippen LogP contribution in [0.2, 0.25) is 0 Å². The van der Waals surface area contributed by atoms with Gasteiger partial charge in [0, 0.05) is 18.5 Å². The topological polar surface area (TPSA) is 61.5 Å². The first-order valence-corrected chi connectivity index (χ1v) is 10.8. The third-order valence-corrected chi connectivity index (χ3v) is 6.25. The van der Waals surface area contributed by atoms with Crippen molar-refractivity contribution in [3.63, 3.8) is 0 Å². The molecule has 0 radical (unpaired) electrons. The molecule has 1 aromatic carbocycles. The molecule has 1 fully saturated rings. The van der Waals surface area contributed by atoms with Crippen LogP contribution >= 0.6 is 11.3 Å². The zero-order chi connectivity index (χ0) is 19.2. The molecular weight excluding hydrogens is 370 g/mol. The summed E-state index contributed by atoms with van der Waals surface area (Å²) < 4.78 is 5.40. The average molecular weight is 398 g/mol. The molecule has 0 saturated carbocycles. The molecular formula is C22H27N3O2S. The highest BCUT2D eigenvalue weighted by molar-refractivity contribution is 7.13. The van der Waals surface area contributed by atoms with Gasteiger partial charge in [-0.15, -0.1) is 11.3 Å². The first kappa shape index (κ1) is 19.3. The fourth-order valence-corrected chi connectivity index (χ4v) is 4.49. The van der Waals surface area contributed by atoms with Crippen LogP contribution in [0, 0.1) is 5.92 Å². The van der Waals surface area contributed by atoms with Gasteiger partial charge < -0.3 is 19.7 Å². The summed E-state index contributed by atoms with van der Waals surface area (Å²) in [4.78, 5) is 7.01. The zero-order valence-corrected chi connectivity index (χ0v) is 16.8. The molecule has 6 heteroatoms. The predicted molar refractivity (Wildman–Crippen MR) is 112 cm³/mol. The summed E-state index contributed by atoms with van der Waals surface area (Å²) in [5.74, 6) is 1.52. The van der Waals surface area contributed by atoms with Crippen molar-refractivity contribution in [1.82, 2.24) is 15.2 Å². The second-order valence-corrected chi connectivity index (χ2v) is 8.28. The molecule has 0 bridgehead atoms. The zero-order valence-electron chi connectivity index (χ0n) is 16.0. The molecule has 5 nitrogen and oxygen atoms in total. The lowest BCUT2D eigenvalue weighted by molar-refractivity contribution is 0.0891. The SMILES string of the molecule is OC(CN1CCC(CNCc2csc(-c3ccco3)n2)CC1)c1ccccc1. The number of aliphatic hydroxyl groups excluding tert-OH is 1.